The Balaban J connectivity index is 2.05. The zero-order valence-corrected chi connectivity index (χ0v) is 14.2. The second-order valence-electron chi connectivity index (χ2n) is 5.44. The number of H-pyrrole nitrogens is 1. The number of aromatic nitrogens is 4. The van der Waals surface area contributed by atoms with Crippen molar-refractivity contribution in [2.75, 3.05) is 35.9 Å². The standard InChI is InChI=1S/C15H19ClN6O2/c1-24-15-13(14(17-10-18-15)21-6-2-3-7-21)22(12(23)8-16)9-11-4-5-19-20-11/h4-5,10H,2-3,6-9H2,1H3,(H,19,20). The Morgan fingerprint density at radius 3 is 2.83 bits per heavy atom. The van der Waals surface area contributed by atoms with Gasteiger partial charge in [0.25, 0.3) is 0 Å². The fraction of sp³-hybridized carbons (Fsp3) is 0.467. The van der Waals surface area contributed by atoms with Crippen LogP contribution >= 0.6 is 11.6 Å². The molecule has 1 saturated heterocycles. The third-order valence-electron chi connectivity index (χ3n) is 3.94. The molecule has 128 valence electrons. The zero-order chi connectivity index (χ0) is 16.9. The van der Waals surface area contributed by atoms with Crippen molar-refractivity contribution in [1.82, 2.24) is 20.2 Å². The number of carbonyl (C=O) groups is 1. The van der Waals surface area contributed by atoms with Crippen molar-refractivity contribution in [3.05, 3.63) is 24.3 Å². The van der Waals surface area contributed by atoms with Gasteiger partial charge in [0.15, 0.2) is 11.5 Å². The molecule has 1 fully saturated rings. The first-order valence-electron chi connectivity index (χ1n) is 7.73. The highest BCUT2D eigenvalue weighted by molar-refractivity contribution is 6.29. The number of ether oxygens (including phenoxy) is 1. The molecule has 0 radical (unpaired) electrons. The molecule has 1 amide bonds. The summed E-state index contributed by atoms with van der Waals surface area (Å²) < 4.78 is 5.40. The molecule has 0 bridgehead atoms. The van der Waals surface area contributed by atoms with Crippen LogP contribution in [-0.2, 0) is 11.3 Å². The molecule has 9 heteroatoms. The van der Waals surface area contributed by atoms with Crippen LogP contribution in [0.2, 0.25) is 0 Å². The predicted octanol–water partition coefficient (Wildman–Crippen LogP) is 1.58. The van der Waals surface area contributed by atoms with Gasteiger partial charge in [0.1, 0.15) is 12.2 Å². The SMILES string of the molecule is COc1ncnc(N2CCCC2)c1N(Cc1ccn[nH]1)C(=O)CCl. The quantitative estimate of drug-likeness (QED) is 0.796. The number of halogens is 1. The number of methoxy groups -OCH3 is 1. The van der Waals surface area contributed by atoms with Gasteiger partial charge >= 0.3 is 0 Å². The van der Waals surface area contributed by atoms with Crippen molar-refractivity contribution in [2.24, 2.45) is 0 Å². The van der Waals surface area contributed by atoms with Crippen molar-refractivity contribution in [3.8, 4) is 5.88 Å². The second-order valence-corrected chi connectivity index (χ2v) is 5.71. The first kappa shape index (κ1) is 16.5. The first-order chi connectivity index (χ1) is 11.7. The number of hydrogen-bond acceptors (Lipinski definition) is 6. The molecule has 0 aromatic carbocycles. The van der Waals surface area contributed by atoms with Crippen LogP contribution in [0.15, 0.2) is 18.6 Å². The lowest BCUT2D eigenvalue weighted by atomic mass is 10.3. The molecule has 3 rings (SSSR count). The molecule has 24 heavy (non-hydrogen) atoms. The van der Waals surface area contributed by atoms with Gasteiger partial charge in [-0.15, -0.1) is 11.6 Å². The van der Waals surface area contributed by atoms with E-state index < -0.39 is 0 Å². The normalized spacial score (nSPS) is 14.0. The second kappa shape index (κ2) is 7.48. The highest BCUT2D eigenvalue weighted by Crippen LogP contribution is 2.37. The highest BCUT2D eigenvalue weighted by atomic mass is 35.5. The topological polar surface area (TPSA) is 87.2 Å². The van der Waals surface area contributed by atoms with Crippen LogP contribution in [0.25, 0.3) is 0 Å². The van der Waals surface area contributed by atoms with Gasteiger partial charge in [-0.25, -0.2) is 4.98 Å². The molecule has 1 aliphatic rings. The van der Waals surface area contributed by atoms with E-state index in [1.54, 1.807) is 17.2 Å². The van der Waals surface area contributed by atoms with E-state index in [9.17, 15) is 4.79 Å². The number of rotatable bonds is 6. The van der Waals surface area contributed by atoms with E-state index >= 15 is 0 Å². The Morgan fingerprint density at radius 1 is 1.42 bits per heavy atom. The Morgan fingerprint density at radius 2 is 2.21 bits per heavy atom. The number of aromatic amines is 1. The molecule has 0 unspecified atom stereocenters. The number of anilines is 2. The molecule has 1 aliphatic heterocycles. The number of carbonyl (C=O) groups excluding carboxylic acids is 1. The minimum absolute atomic E-state index is 0.147. The van der Waals surface area contributed by atoms with Crippen LogP contribution in [0.3, 0.4) is 0 Å². The summed E-state index contributed by atoms with van der Waals surface area (Å²) in [6, 6.07) is 1.81. The maximum absolute atomic E-state index is 12.5. The lowest BCUT2D eigenvalue weighted by Crippen LogP contribution is -2.34. The van der Waals surface area contributed by atoms with E-state index in [1.165, 1.54) is 13.4 Å². The number of amides is 1. The van der Waals surface area contributed by atoms with Crippen molar-refractivity contribution < 1.29 is 9.53 Å². The lowest BCUT2D eigenvalue weighted by Gasteiger charge is -2.28. The fourth-order valence-corrected chi connectivity index (χ4v) is 2.95. The van der Waals surface area contributed by atoms with E-state index in [2.05, 4.69) is 25.1 Å². The third kappa shape index (κ3) is 3.28. The molecule has 0 atom stereocenters. The van der Waals surface area contributed by atoms with Gasteiger partial charge in [-0.3, -0.25) is 14.8 Å². The predicted molar refractivity (Wildman–Crippen MR) is 90.5 cm³/mol. The Bertz CT molecular complexity index is 687. The van der Waals surface area contributed by atoms with Crippen LogP contribution in [0.4, 0.5) is 11.5 Å². The van der Waals surface area contributed by atoms with Crippen molar-refractivity contribution in [2.45, 2.75) is 19.4 Å². The van der Waals surface area contributed by atoms with Crippen LogP contribution in [0.1, 0.15) is 18.5 Å². The van der Waals surface area contributed by atoms with Crippen LogP contribution in [0, 0.1) is 0 Å². The van der Waals surface area contributed by atoms with Gasteiger partial charge in [-0.05, 0) is 18.9 Å². The van der Waals surface area contributed by atoms with Gasteiger partial charge < -0.3 is 9.64 Å². The molecule has 3 heterocycles. The lowest BCUT2D eigenvalue weighted by molar-refractivity contribution is -0.116. The van der Waals surface area contributed by atoms with Crippen molar-refractivity contribution in [1.29, 1.82) is 0 Å². The van der Waals surface area contributed by atoms with Gasteiger partial charge in [0, 0.05) is 19.3 Å². The van der Waals surface area contributed by atoms with E-state index in [1.807, 2.05) is 0 Å². The fourth-order valence-electron chi connectivity index (χ4n) is 2.81. The largest absolute Gasteiger partial charge is 0.479 e. The molecule has 1 N–H and O–H groups in total. The third-order valence-corrected chi connectivity index (χ3v) is 4.17. The smallest absolute Gasteiger partial charge is 0.243 e. The number of hydrogen-bond donors (Lipinski definition) is 1. The Hall–Kier alpha value is -2.35. The summed E-state index contributed by atoms with van der Waals surface area (Å²) >= 11 is 5.83. The maximum Gasteiger partial charge on any atom is 0.243 e. The van der Waals surface area contributed by atoms with Crippen molar-refractivity contribution >= 4 is 29.0 Å². The zero-order valence-electron chi connectivity index (χ0n) is 13.4. The number of nitrogens with zero attached hydrogens (tertiary/aromatic N) is 5. The Kier molecular flexibility index (Phi) is 5.14. The van der Waals surface area contributed by atoms with Crippen LogP contribution < -0.4 is 14.5 Å². The number of alkyl halides is 1. The summed E-state index contributed by atoms with van der Waals surface area (Å²) in [5, 5.41) is 6.79. The van der Waals surface area contributed by atoms with Gasteiger partial charge in [-0.1, -0.05) is 0 Å². The molecule has 0 saturated carbocycles. The average Bonchev–Trinajstić information content (AvgIpc) is 3.32. The minimum atomic E-state index is -0.250. The summed E-state index contributed by atoms with van der Waals surface area (Å²) in [7, 11) is 1.53. The summed E-state index contributed by atoms with van der Waals surface area (Å²) in [6.45, 7) is 2.07. The van der Waals surface area contributed by atoms with Gasteiger partial charge in [-0.2, -0.15) is 10.1 Å². The van der Waals surface area contributed by atoms with Crippen molar-refractivity contribution in [3.63, 3.8) is 0 Å². The van der Waals surface area contributed by atoms with E-state index in [-0.39, 0.29) is 18.3 Å². The molecule has 0 aliphatic carbocycles. The van der Waals surface area contributed by atoms with E-state index in [0.717, 1.165) is 31.6 Å². The van der Waals surface area contributed by atoms with Crippen LogP contribution in [-0.4, -0.2) is 52.2 Å². The molecule has 2 aromatic heterocycles. The van der Waals surface area contributed by atoms with Crippen LogP contribution in [0.5, 0.6) is 5.88 Å². The van der Waals surface area contributed by atoms with E-state index in [0.29, 0.717) is 17.4 Å². The summed E-state index contributed by atoms with van der Waals surface area (Å²) in [6.07, 6.45) is 5.28. The average molecular weight is 351 g/mol. The molecular weight excluding hydrogens is 332 g/mol. The highest BCUT2D eigenvalue weighted by Gasteiger charge is 2.28. The summed E-state index contributed by atoms with van der Waals surface area (Å²) in [5.41, 5.74) is 1.33. The van der Waals surface area contributed by atoms with Gasteiger partial charge in [0.05, 0.1) is 19.3 Å². The summed E-state index contributed by atoms with van der Waals surface area (Å²) in [5.74, 6) is 0.646. The Labute approximate surface area is 144 Å². The number of nitrogens with one attached hydrogen (secondary N) is 1. The van der Waals surface area contributed by atoms with Gasteiger partial charge in [0.2, 0.25) is 11.8 Å². The van der Waals surface area contributed by atoms with E-state index in [4.69, 9.17) is 16.3 Å². The monoisotopic (exact) mass is 350 g/mol. The maximum atomic E-state index is 12.5. The minimum Gasteiger partial charge on any atom is -0.479 e. The molecule has 0 spiro atoms. The molecule has 8 nitrogen and oxygen atoms in total. The first-order valence-corrected chi connectivity index (χ1v) is 8.26. The summed E-state index contributed by atoms with van der Waals surface area (Å²) in [4.78, 5) is 24.8. The molecule has 2 aromatic rings. The molecular formula is C15H19ClN6O2.